The van der Waals surface area contributed by atoms with Crippen molar-refractivity contribution in [3.8, 4) is 11.3 Å². The van der Waals surface area contributed by atoms with Crippen molar-refractivity contribution in [1.29, 1.82) is 0 Å². The molecule has 2 aromatic carbocycles. The van der Waals surface area contributed by atoms with Crippen molar-refractivity contribution in [3.05, 3.63) is 70.1 Å². The maximum atomic E-state index is 13.8. The zero-order valence-corrected chi connectivity index (χ0v) is 14.6. The number of nitrogens with zero attached hydrogens (tertiary/aromatic N) is 1. The highest BCUT2D eigenvalue weighted by molar-refractivity contribution is 7.14. The van der Waals surface area contributed by atoms with Gasteiger partial charge < -0.3 is 5.32 Å². The smallest absolute Gasteiger partial charge is 0.230 e. The Labute approximate surface area is 148 Å². The van der Waals surface area contributed by atoms with Crippen LogP contribution in [-0.4, -0.2) is 10.9 Å². The van der Waals surface area contributed by atoms with E-state index < -0.39 is 11.6 Å². The highest BCUT2D eigenvalue weighted by Gasteiger charge is 2.13. The third-order valence-electron chi connectivity index (χ3n) is 3.81. The Morgan fingerprint density at radius 2 is 1.96 bits per heavy atom. The first-order valence-corrected chi connectivity index (χ1v) is 8.57. The van der Waals surface area contributed by atoms with Gasteiger partial charge in [0.05, 0.1) is 12.1 Å². The number of halogens is 2. The van der Waals surface area contributed by atoms with Gasteiger partial charge in [-0.15, -0.1) is 11.3 Å². The molecule has 0 radical (unpaired) electrons. The van der Waals surface area contributed by atoms with E-state index in [4.69, 9.17) is 0 Å². The van der Waals surface area contributed by atoms with E-state index >= 15 is 0 Å². The lowest BCUT2D eigenvalue weighted by molar-refractivity contribution is -0.115. The fourth-order valence-corrected chi connectivity index (χ4v) is 3.26. The maximum Gasteiger partial charge on any atom is 0.230 e. The van der Waals surface area contributed by atoms with Crippen molar-refractivity contribution in [2.45, 2.75) is 20.3 Å². The Bertz CT molecular complexity index is 937. The molecule has 0 saturated heterocycles. The molecule has 128 valence electrons. The molecule has 6 heteroatoms. The summed E-state index contributed by atoms with van der Waals surface area (Å²) < 4.78 is 26.8. The number of carbonyl (C=O) groups is 1. The minimum atomic E-state index is -0.682. The van der Waals surface area contributed by atoms with Crippen molar-refractivity contribution in [2.75, 3.05) is 5.32 Å². The molecule has 0 fully saturated rings. The summed E-state index contributed by atoms with van der Waals surface area (Å²) in [5, 5.41) is 4.74. The van der Waals surface area contributed by atoms with E-state index in [0.29, 0.717) is 10.8 Å². The molecule has 0 bridgehead atoms. The van der Waals surface area contributed by atoms with Crippen LogP contribution in [0.5, 0.6) is 0 Å². The van der Waals surface area contributed by atoms with Crippen molar-refractivity contribution >= 4 is 22.4 Å². The monoisotopic (exact) mass is 358 g/mol. The molecule has 1 N–H and O–H groups in total. The van der Waals surface area contributed by atoms with Gasteiger partial charge in [-0.1, -0.05) is 23.8 Å². The Balaban J connectivity index is 1.71. The summed E-state index contributed by atoms with van der Waals surface area (Å²) in [7, 11) is 0. The summed E-state index contributed by atoms with van der Waals surface area (Å²) in [6, 6.07) is 9.26. The molecule has 3 aromatic rings. The molecule has 0 unspecified atom stereocenters. The zero-order chi connectivity index (χ0) is 18.0. The molecule has 1 amide bonds. The van der Waals surface area contributed by atoms with E-state index in [9.17, 15) is 13.6 Å². The fraction of sp³-hybridized carbons (Fsp3) is 0.158. The predicted octanol–water partition coefficient (Wildman–Crippen LogP) is 4.89. The standard InChI is InChI=1S/C19H16F2N2OS/c1-11-3-4-13(12(2)7-11)8-18(24)23-19-22-17(10-25-19)15-6-5-14(20)9-16(15)21/h3-7,9-10H,8H2,1-2H3,(H,22,23,24). The van der Waals surface area contributed by atoms with E-state index in [0.717, 1.165) is 22.8 Å². The van der Waals surface area contributed by atoms with Gasteiger partial charge in [0.2, 0.25) is 5.91 Å². The third-order valence-corrected chi connectivity index (χ3v) is 4.56. The fourth-order valence-electron chi connectivity index (χ4n) is 2.53. The van der Waals surface area contributed by atoms with E-state index in [1.807, 2.05) is 32.0 Å². The number of rotatable bonds is 4. The quantitative estimate of drug-likeness (QED) is 0.722. The molecule has 1 heterocycles. The van der Waals surface area contributed by atoms with Crippen molar-refractivity contribution in [3.63, 3.8) is 0 Å². The van der Waals surface area contributed by atoms with Crippen LogP contribution in [0.15, 0.2) is 41.8 Å². The van der Waals surface area contributed by atoms with E-state index in [1.54, 1.807) is 5.38 Å². The average molecular weight is 358 g/mol. The van der Waals surface area contributed by atoms with Gasteiger partial charge in [0.15, 0.2) is 5.13 Å². The van der Waals surface area contributed by atoms with Gasteiger partial charge in [0, 0.05) is 17.0 Å². The second-order valence-electron chi connectivity index (χ2n) is 5.82. The Morgan fingerprint density at radius 3 is 2.68 bits per heavy atom. The van der Waals surface area contributed by atoms with Gasteiger partial charge >= 0.3 is 0 Å². The van der Waals surface area contributed by atoms with Crippen LogP contribution in [0.1, 0.15) is 16.7 Å². The average Bonchev–Trinajstić information content (AvgIpc) is 2.98. The molecular weight excluding hydrogens is 342 g/mol. The van der Waals surface area contributed by atoms with Crippen LogP contribution in [-0.2, 0) is 11.2 Å². The lowest BCUT2D eigenvalue weighted by Crippen LogP contribution is -2.14. The molecular formula is C19H16F2N2OS. The summed E-state index contributed by atoms with van der Waals surface area (Å²) in [5.41, 5.74) is 3.72. The summed E-state index contributed by atoms with van der Waals surface area (Å²) >= 11 is 1.20. The Kier molecular flexibility index (Phi) is 4.90. The van der Waals surface area contributed by atoms with Crippen LogP contribution in [0.4, 0.5) is 13.9 Å². The lowest BCUT2D eigenvalue weighted by Gasteiger charge is -2.06. The zero-order valence-electron chi connectivity index (χ0n) is 13.8. The minimum Gasteiger partial charge on any atom is -0.302 e. The van der Waals surface area contributed by atoms with Gasteiger partial charge in [-0.25, -0.2) is 13.8 Å². The third kappa shape index (κ3) is 4.09. The predicted molar refractivity (Wildman–Crippen MR) is 95.7 cm³/mol. The van der Waals surface area contributed by atoms with Gasteiger partial charge in [-0.05, 0) is 37.1 Å². The SMILES string of the molecule is Cc1ccc(CC(=O)Nc2nc(-c3ccc(F)cc3F)cs2)c(C)c1. The molecule has 0 atom stereocenters. The molecule has 3 rings (SSSR count). The second-order valence-corrected chi connectivity index (χ2v) is 6.68. The number of amides is 1. The summed E-state index contributed by atoms with van der Waals surface area (Å²) in [4.78, 5) is 16.4. The minimum absolute atomic E-state index is 0.188. The number of aromatic nitrogens is 1. The number of thiazole rings is 1. The normalized spacial score (nSPS) is 10.7. The maximum absolute atomic E-state index is 13.8. The molecule has 0 saturated carbocycles. The van der Waals surface area contributed by atoms with Crippen LogP contribution in [0.25, 0.3) is 11.3 Å². The van der Waals surface area contributed by atoms with Gasteiger partial charge in [0.1, 0.15) is 11.6 Å². The van der Waals surface area contributed by atoms with Crippen LogP contribution in [0, 0.1) is 25.5 Å². The van der Waals surface area contributed by atoms with Gasteiger partial charge in [0.25, 0.3) is 0 Å². The summed E-state index contributed by atoms with van der Waals surface area (Å²) in [6.45, 7) is 3.97. The number of benzene rings is 2. The van der Waals surface area contributed by atoms with E-state index in [2.05, 4.69) is 10.3 Å². The molecule has 1 aromatic heterocycles. The molecule has 0 aliphatic heterocycles. The second kappa shape index (κ2) is 7.11. The molecule has 0 aliphatic carbocycles. The van der Waals surface area contributed by atoms with Crippen molar-refractivity contribution in [2.24, 2.45) is 0 Å². The number of hydrogen-bond acceptors (Lipinski definition) is 3. The molecule has 3 nitrogen and oxygen atoms in total. The molecule has 0 spiro atoms. The van der Waals surface area contributed by atoms with Crippen LogP contribution < -0.4 is 5.32 Å². The first kappa shape index (κ1) is 17.2. The number of anilines is 1. The summed E-state index contributed by atoms with van der Waals surface area (Å²) in [5.74, 6) is -1.51. The first-order valence-electron chi connectivity index (χ1n) is 7.69. The van der Waals surface area contributed by atoms with E-state index in [1.165, 1.54) is 23.5 Å². The van der Waals surface area contributed by atoms with Crippen LogP contribution in [0.2, 0.25) is 0 Å². The Morgan fingerprint density at radius 1 is 1.16 bits per heavy atom. The highest BCUT2D eigenvalue weighted by atomic mass is 32.1. The molecule has 0 aliphatic rings. The van der Waals surface area contributed by atoms with E-state index in [-0.39, 0.29) is 17.9 Å². The first-order chi connectivity index (χ1) is 11.9. The number of carbonyl (C=O) groups excluding carboxylic acids is 1. The largest absolute Gasteiger partial charge is 0.302 e. The number of hydrogen-bond donors (Lipinski definition) is 1. The van der Waals surface area contributed by atoms with Gasteiger partial charge in [-0.3, -0.25) is 4.79 Å². The van der Waals surface area contributed by atoms with Gasteiger partial charge in [-0.2, -0.15) is 0 Å². The number of nitrogens with one attached hydrogen (secondary N) is 1. The van der Waals surface area contributed by atoms with Crippen molar-refractivity contribution < 1.29 is 13.6 Å². The topological polar surface area (TPSA) is 42.0 Å². The lowest BCUT2D eigenvalue weighted by atomic mass is 10.0. The Hall–Kier alpha value is -2.60. The van der Waals surface area contributed by atoms with Crippen LogP contribution >= 0.6 is 11.3 Å². The molecule has 25 heavy (non-hydrogen) atoms. The van der Waals surface area contributed by atoms with Crippen LogP contribution in [0.3, 0.4) is 0 Å². The highest BCUT2D eigenvalue weighted by Crippen LogP contribution is 2.27. The number of aryl methyl sites for hydroxylation is 2. The summed E-state index contributed by atoms with van der Waals surface area (Å²) in [6.07, 6.45) is 0.242. The van der Waals surface area contributed by atoms with Crippen molar-refractivity contribution in [1.82, 2.24) is 4.98 Å².